The Morgan fingerprint density at radius 3 is 2.42 bits per heavy atom. The Labute approximate surface area is 153 Å². The molecule has 26 heavy (non-hydrogen) atoms. The lowest BCUT2D eigenvalue weighted by Crippen LogP contribution is -2.56. The largest absolute Gasteiger partial charge is 0.484 e. The van der Waals surface area contributed by atoms with Gasteiger partial charge in [-0.15, -0.1) is 0 Å². The number of methoxy groups -OCH3 is 1. The van der Waals surface area contributed by atoms with Gasteiger partial charge in [0, 0.05) is 32.3 Å². The number of hydrogen-bond acceptors (Lipinski definition) is 5. The zero-order valence-corrected chi connectivity index (χ0v) is 15.9. The highest BCUT2D eigenvalue weighted by atomic mass is 32.2. The predicted molar refractivity (Wildman–Crippen MR) is 94.9 cm³/mol. The van der Waals surface area contributed by atoms with Crippen LogP contribution in [0.3, 0.4) is 0 Å². The molecule has 1 N–H and O–H groups in total. The van der Waals surface area contributed by atoms with Gasteiger partial charge in [0.1, 0.15) is 11.6 Å². The van der Waals surface area contributed by atoms with E-state index in [2.05, 4.69) is 4.72 Å². The normalized spacial score (nSPS) is 17.1. The van der Waals surface area contributed by atoms with Crippen molar-refractivity contribution in [2.75, 3.05) is 39.7 Å². The highest BCUT2D eigenvalue weighted by Crippen LogP contribution is 2.27. The van der Waals surface area contributed by atoms with Gasteiger partial charge in [-0.1, -0.05) is 0 Å². The third kappa shape index (κ3) is 6.22. The summed E-state index contributed by atoms with van der Waals surface area (Å²) < 4.78 is 49.4. The molecule has 0 aliphatic carbocycles. The molecular weight excluding hydrogens is 363 g/mol. The molecule has 0 radical (unpaired) electrons. The molecule has 146 valence electrons. The minimum absolute atomic E-state index is 0.143. The van der Waals surface area contributed by atoms with Gasteiger partial charge >= 0.3 is 0 Å². The van der Waals surface area contributed by atoms with Crippen LogP contribution >= 0.6 is 0 Å². The summed E-state index contributed by atoms with van der Waals surface area (Å²) in [7, 11) is -1.80. The topological polar surface area (TPSA) is 84.9 Å². The molecule has 1 aromatic rings. The van der Waals surface area contributed by atoms with Crippen LogP contribution in [-0.2, 0) is 19.6 Å². The van der Waals surface area contributed by atoms with Crippen LogP contribution in [0.5, 0.6) is 5.75 Å². The first kappa shape index (κ1) is 20.6. The van der Waals surface area contributed by atoms with Crippen molar-refractivity contribution in [1.82, 2.24) is 9.62 Å². The Morgan fingerprint density at radius 1 is 1.27 bits per heavy atom. The number of nitrogens with one attached hydrogen (secondary N) is 1. The summed E-state index contributed by atoms with van der Waals surface area (Å²) in [6, 6.07) is 5.46. The molecular formula is C17H25FN2O5S. The minimum Gasteiger partial charge on any atom is -0.484 e. The zero-order chi connectivity index (χ0) is 19.2. The van der Waals surface area contributed by atoms with E-state index in [0.717, 1.165) is 6.26 Å². The zero-order valence-electron chi connectivity index (χ0n) is 15.0. The molecule has 0 bridgehead atoms. The Balaban J connectivity index is 1.89. The molecule has 1 aromatic carbocycles. The quantitative estimate of drug-likeness (QED) is 0.722. The van der Waals surface area contributed by atoms with Gasteiger partial charge in [-0.3, -0.25) is 4.79 Å². The number of piperidine rings is 1. The fourth-order valence-corrected chi connectivity index (χ4v) is 4.14. The Bertz CT molecular complexity index is 700. The van der Waals surface area contributed by atoms with Gasteiger partial charge in [0.15, 0.2) is 6.61 Å². The van der Waals surface area contributed by atoms with Gasteiger partial charge in [0.25, 0.3) is 5.91 Å². The Hall–Kier alpha value is -1.71. The lowest BCUT2D eigenvalue weighted by atomic mass is 9.85. The summed E-state index contributed by atoms with van der Waals surface area (Å²) in [5.74, 6) is -0.135. The van der Waals surface area contributed by atoms with Crippen molar-refractivity contribution in [3.05, 3.63) is 30.1 Å². The lowest BCUT2D eigenvalue weighted by Gasteiger charge is -2.41. The van der Waals surface area contributed by atoms with Gasteiger partial charge in [0.05, 0.1) is 6.26 Å². The smallest absolute Gasteiger partial charge is 0.260 e. The molecule has 0 atom stereocenters. The van der Waals surface area contributed by atoms with E-state index in [9.17, 15) is 17.6 Å². The standard InChI is InChI=1S/C17H25FN2O5S/c1-24-12-9-17(19-26(2,22)23)7-10-20(11-8-17)16(21)13-25-15-5-3-14(18)4-6-15/h3-6,19H,7-13H2,1-2H3. The number of carbonyl (C=O) groups excluding carboxylic acids is 1. The number of halogens is 1. The van der Waals surface area contributed by atoms with E-state index in [1.807, 2.05) is 0 Å². The summed E-state index contributed by atoms with van der Waals surface area (Å²) in [4.78, 5) is 14.0. The summed E-state index contributed by atoms with van der Waals surface area (Å²) in [5.41, 5.74) is -0.599. The first-order valence-electron chi connectivity index (χ1n) is 8.37. The first-order valence-corrected chi connectivity index (χ1v) is 10.3. The van der Waals surface area contributed by atoms with Crippen molar-refractivity contribution in [2.24, 2.45) is 0 Å². The van der Waals surface area contributed by atoms with Crippen molar-refractivity contribution in [3.8, 4) is 5.75 Å². The maximum atomic E-state index is 12.9. The third-order valence-electron chi connectivity index (χ3n) is 4.44. The second-order valence-corrected chi connectivity index (χ2v) is 8.27. The number of hydrogen-bond donors (Lipinski definition) is 1. The molecule has 1 amide bonds. The van der Waals surface area contributed by atoms with Crippen LogP contribution in [0.25, 0.3) is 0 Å². The van der Waals surface area contributed by atoms with Crippen LogP contribution in [0.1, 0.15) is 19.3 Å². The monoisotopic (exact) mass is 388 g/mol. The average Bonchev–Trinajstić information content (AvgIpc) is 2.58. The Kier molecular flexibility index (Phi) is 6.96. The third-order valence-corrected chi connectivity index (χ3v) is 5.24. The maximum Gasteiger partial charge on any atom is 0.260 e. The summed E-state index contributed by atoms with van der Waals surface area (Å²) in [5, 5.41) is 0. The van der Waals surface area contributed by atoms with Crippen molar-refractivity contribution >= 4 is 15.9 Å². The molecule has 7 nitrogen and oxygen atoms in total. The molecule has 1 saturated heterocycles. The molecule has 1 fully saturated rings. The number of benzene rings is 1. The predicted octanol–water partition coefficient (Wildman–Crippen LogP) is 1.15. The van der Waals surface area contributed by atoms with E-state index in [0.29, 0.717) is 44.7 Å². The minimum atomic E-state index is -3.36. The molecule has 1 aliphatic rings. The Morgan fingerprint density at radius 2 is 1.88 bits per heavy atom. The summed E-state index contributed by atoms with van der Waals surface area (Å²) in [6.07, 6.45) is 2.69. The number of amides is 1. The van der Waals surface area contributed by atoms with E-state index in [-0.39, 0.29) is 18.3 Å². The van der Waals surface area contributed by atoms with Crippen molar-refractivity contribution in [2.45, 2.75) is 24.8 Å². The number of likely N-dealkylation sites (tertiary alicyclic amines) is 1. The SMILES string of the molecule is COCCC1(NS(C)(=O)=O)CCN(C(=O)COc2ccc(F)cc2)CC1. The highest BCUT2D eigenvalue weighted by Gasteiger charge is 2.37. The van der Waals surface area contributed by atoms with Crippen molar-refractivity contribution < 1.29 is 27.1 Å². The van der Waals surface area contributed by atoms with E-state index in [4.69, 9.17) is 9.47 Å². The second-order valence-electron chi connectivity index (χ2n) is 6.52. The number of nitrogens with zero attached hydrogens (tertiary/aromatic N) is 1. The molecule has 1 aliphatic heterocycles. The van der Waals surface area contributed by atoms with Crippen molar-refractivity contribution in [1.29, 1.82) is 0 Å². The van der Waals surface area contributed by atoms with Gasteiger partial charge in [-0.25, -0.2) is 17.5 Å². The van der Waals surface area contributed by atoms with Crippen LogP contribution in [-0.4, -0.2) is 64.4 Å². The van der Waals surface area contributed by atoms with E-state index >= 15 is 0 Å². The second kappa shape index (κ2) is 8.79. The van der Waals surface area contributed by atoms with E-state index in [1.165, 1.54) is 24.3 Å². The van der Waals surface area contributed by atoms with E-state index < -0.39 is 15.6 Å². The van der Waals surface area contributed by atoms with Gasteiger partial charge in [-0.05, 0) is 43.5 Å². The molecule has 2 rings (SSSR count). The van der Waals surface area contributed by atoms with Crippen LogP contribution in [0, 0.1) is 5.82 Å². The lowest BCUT2D eigenvalue weighted by molar-refractivity contribution is -0.135. The fraction of sp³-hybridized carbons (Fsp3) is 0.588. The van der Waals surface area contributed by atoms with Gasteiger partial charge in [-0.2, -0.15) is 0 Å². The van der Waals surface area contributed by atoms with Gasteiger partial charge in [0.2, 0.25) is 10.0 Å². The first-order chi connectivity index (χ1) is 12.2. The van der Waals surface area contributed by atoms with Gasteiger partial charge < -0.3 is 14.4 Å². The highest BCUT2D eigenvalue weighted by molar-refractivity contribution is 7.88. The van der Waals surface area contributed by atoms with Crippen LogP contribution in [0.15, 0.2) is 24.3 Å². The number of sulfonamides is 1. The molecule has 0 spiro atoms. The van der Waals surface area contributed by atoms with Crippen LogP contribution in [0.4, 0.5) is 4.39 Å². The fourth-order valence-electron chi connectivity index (χ4n) is 3.05. The molecule has 9 heteroatoms. The van der Waals surface area contributed by atoms with Crippen molar-refractivity contribution in [3.63, 3.8) is 0 Å². The number of carbonyl (C=O) groups is 1. The maximum absolute atomic E-state index is 12.9. The summed E-state index contributed by atoms with van der Waals surface area (Å²) >= 11 is 0. The number of ether oxygens (including phenoxy) is 2. The molecule has 0 unspecified atom stereocenters. The van der Waals surface area contributed by atoms with Crippen LogP contribution < -0.4 is 9.46 Å². The van der Waals surface area contributed by atoms with Crippen LogP contribution in [0.2, 0.25) is 0 Å². The molecule has 0 aromatic heterocycles. The molecule has 0 saturated carbocycles. The molecule has 1 heterocycles. The average molecular weight is 388 g/mol. The summed E-state index contributed by atoms with van der Waals surface area (Å²) in [6.45, 7) is 1.15. The van der Waals surface area contributed by atoms with E-state index in [1.54, 1.807) is 12.0 Å². The number of rotatable bonds is 8.